The molecule has 0 aromatic heterocycles. The number of oxime groups is 1. The molecule has 0 bridgehead atoms. The fraction of sp³-hybridized carbons (Fsp3) is 0.375. The summed E-state index contributed by atoms with van der Waals surface area (Å²) in [5, 5.41) is 15.9. The average molecular weight is 513 g/mol. The highest BCUT2D eigenvalue weighted by atomic mass is 16.7. The zero-order chi connectivity index (χ0) is 27.7. The van der Waals surface area contributed by atoms with E-state index in [-0.39, 0.29) is 21.4 Å². The van der Waals surface area contributed by atoms with Gasteiger partial charge in [0.1, 0.15) is 5.71 Å². The van der Waals surface area contributed by atoms with E-state index < -0.39 is 5.97 Å². The third-order valence-corrected chi connectivity index (χ3v) is 7.47. The summed E-state index contributed by atoms with van der Waals surface area (Å²) in [5.41, 5.74) is 7.57. The van der Waals surface area contributed by atoms with Crippen molar-refractivity contribution in [1.82, 2.24) is 0 Å². The Morgan fingerprint density at radius 1 is 0.895 bits per heavy atom. The summed E-state index contributed by atoms with van der Waals surface area (Å²) in [5.74, 6) is -0.485. The Kier molecular flexibility index (Phi) is 7.54. The SMILES string of the molecule is CCCC1(CCC)c2cc(/C(=N/OC(C)=O)c3ccc(C(C)(C)C)cc3)ccc2-c2ccc([N+](=O)[O-])cc21. The molecule has 1 aliphatic carbocycles. The lowest BCUT2D eigenvalue weighted by atomic mass is 9.71. The Morgan fingerprint density at radius 3 is 1.97 bits per heavy atom. The van der Waals surface area contributed by atoms with Gasteiger partial charge < -0.3 is 4.84 Å². The normalized spacial score (nSPS) is 14.1. The van der Waals surface area contributed by atoms with E-state index in [2.05, 4.69) is 64.0 Å². The van der Waals surface area contributed by atoms with Gasteiger partial charge >= 0.3 is 5.97 Å². The van der Waals surface area contributed by atoms with Crippen LogP contribution in [0.1, 0.15) is 95.0 Å². The van der Waals surface area contributed by atoms with Crippen LogP contribution in [0.4, 0.5) is 5.69 Å². The second-order valence-corrected chi connectivity index (χ2v) is 11.2. The molecule has 38 heavy (non-hydrogen) atoms. The van der Waals surface area contributed by atoms with Gasteiger partial charge in [-0.1, -0.05) is 89.0 Å². The molecule has 0 unspecified atom stereocenters. The molecule has 0 atom stereocenters. The van der Waals surface area contributed by atoms with E-state index in [1.54, 1.807) is 12.1 Å². The van der Waals surface area contributed by atoms with E-state index >= 15 is 0 Å². The van der Waals surface area contributed by atoms with Gasteiger partial charge in [0.25, 0.3) is 5.69 Å². The van der Waals surface area contributed by atoms with Crippen LogP contribution in [-0.2, 0) is 20.5 Å². The molecule has 0 fully saturated rings. The monoisotopic (exact) mass is 512 g/mol. The molecule has 0 spiro atoms. The van der Waals surface area contributed by atoms with Crippen molar-refractivity contribution in [3.05, 3.63) is 98.6 Å². The smallest absolute Gasteiger partial charge is 0.318 e. The van der Waals surface area contributed by atoms with Crippen LogP contribution in [0, 0.1) is 10.1 Å². The molecule has 3 aromatic rings. The zero-order valence-corrected chi connectivity index (χ0v) is 23.1. The number of hydrogen-bond acceptors (Lipinski definition) is 5. The summed E-state index contributed by atoms with van der Waals surface area (Å²) >= 11 is 0. The number of benzene rings is 3. The first-order valence-corrected chi connectivity index (χ1v) is 13.3. The highest BCUT2D eigenvalue weighted by Crippen LogP contribution is 2.54. The van der Waals surface area contributed by atoms with E-state index in [1.165, 1.54) is 12.5 Å². The number of fused-ring (bicyclic) bond motifs is 3. The zero-order valence-electron chi connectivity index (χ0n) is 23.1. The predicted octanol–water partition coefficient (Wildman–Crippen LogP) is 8.07. The number of carbonyl (C=O) groups excluding carboxylic acids is 1. The topological polar surface area (TPSA) is 81.8 Å². The standard InChI is InChI=1S/C32H36N2O4/c1-7-17-32(18-8-2)28-19-23(11-15-26(28)27-16-14-25(34(36)37)20-29(27)32)30(33-38-21(3)35)22-9-12-24(13-10-22)31(4,5)6/h9-16,19-20H,7-8,17-18H2,1-6H3/b33-30+. The van der Waals surface area contributed by atoms with Crippen molar-refractivity contribution in [2.75, 3.05) is 0 Å². The summed E-state index contributed by atoms with van der Waals surface area (Å²) in [4.78, 5) is 28.2. The van der Waals surface area contributed by atoms with Crippen molar-refractivity contribution in [1.29, 1.82) is 0 Å². The number of nitro groups is 1. The van der Waals surface area contributed by atoms with Gasteiger partial charge in [-0.05, 0) is 58.2 Å². The Bertz CT molecular complexity index is 1390. The van der Waals surface area contributed by atoms with Crippen molar-refractivity contribution in [3.63, 3.8) is 0 Å². The van der Waals surface area contributed by atoms with E-state index in [4.69, 9.17) is 4.84 Å². The van der Waals surface area contributed by atoms with Crippen LogP contribution in [0.2, 0.25) is 0 Å². The van der Waals surface area contributed by atoms with Crippen molar-refractivity contribution in [2.45, 2.75) is 78.1 Å². The van der Waals surface area contributed by atoms with Crippen LogP contribution < -0.4 is 0 Å². The van der Waals surface area contributed by atoms with Crippen molar-refractivity contribution in [2.24, 2.45) is 5.16 Å². The quantitative estimate of drug-likeness (QED) is 0.132. The molecule has 3 aromatic carbocycles. The minimum absolute atomic E-state index is 0.00753. The van der Waals surface area contributed by atoms with Gasteiger partial charge in [-0.2, -0.15) is 0 Å². The molecule has 0 N–H and O–H groups in total. The lowest BCUT2D eigenvalue weighted by molar-refractivity contribution is -0.384. The molecule has 0 saturated heterocycles. The van der Waals surface area contributed by atoms with E-state index in [9.17, 15) is 14.9 Å². The van der Waals surface area contributed by atoms with Crippen LogP contribution in [0.3, 0.4) is 0 Å². The number of carbonyl (C=O) groups is 1. The van der Waals surface area contributed by atoms with Gasteiger partial charge in [0.05, 0.1) is 4.92 Å². The fourth-order valence-electron chi connectivity index (χ4n) is 5.77. The van der Waals surface area contributed by atoms with Gasteiger partial charge in [-0.25, -0.2) is 4.79 Å². The molecular formula is C32H36N2O4. The Morgan fingerprint density at radius 2 is 1.45 bits per heavy atom. The van der Waals surface area contributed by atoms with Crippen molar-refractivity contribution >= 4 is 17.4 Å². The first-order chi connectivity index (χ1) is 18.0. The maximum atomic E-state index is 11.7. The van der Waals surface area contributed by atoms with E-state index in [0.717, 1.165) is 59.1 Å². The number of nitrogens with zero attached hydrogens (tertiary/aromatic N) is 2. The average Bonchev–Trinajstić information content (AvgIpc) is 3.13. The molecule has 0 radical (unpaired) electrons. The molecule has 0 heterocycles. The first-order valence-electron chi connectivity index (χ1n) is 13.3. The molecule has 0 saturated carbocycles. The third-order valence-electron chi connectivity index (χ3n) is 7.47. The van der Waals surface area contributed by atoms with E-state index in [1.807, 2.05) is 24.3 Å². The van der Waals surface area contributed by atoms with Gasteiger partial charge in [0.15, 0.2) is 0 Å². The highest BCUT2D eigenvalue weighted by molar-refractivity contribution is 6.13. The van der Waals surface area contributed by atoms with Crippen LogP contribution in [0.5, 0.6) is 0 Å². The van der Waals surface area contributed by atoms with Gasteiger partial charge in [0.2, 0.25) is 0 Å². The Labute approximate surface area is 224 Å². The third kappa shape index (κ3) is 5.00. The highest BCUT2D eigenvalue weighted by Gasteiger charge is 2.43. The molecule has 6 heteroatoms. The molecule has 6 nitrogen and oxygen atoms in total. The number of nitro benzene ring substituents is 1. The number of non-ortho nitro benzene ring substituents is 1. The molecule has 198 valence electrons. The van der Waals surface area contributed by atoms with E-state index in [0.29, 0.717) is 5.71 Å². The second kappa shape index (κ2) is 10.5. The van der Waals surface area contributed by atoms with Gasteiger partial charge in [0, 0.05) is 35.6 Å². The molecule has 4 rings (SSSR count). The first kappa shape index (κ1) is 27.2. The van der Waals surface area contributed by atoms with Gasteiger partial charge in [-0.15, -0.1) is 0 Å². The van der Waals surface area contributed by atoms with Crippen LogP contribution in [0.25, 0.3) is 11.1 Å². The maximum Gasteiger partial charge on any atom is 0.332 e. The fourth-order valence-corrected chi connectivity index (χ4v) is 5.77. The second-order valence-electron chi connectivity index (χ2n) is 11.2. The van der Waals surface area contributed by atoms with Gasteiger partial charge in [-0.3, -0.25) is 10.1 Å². The summed E-state index contributed by atoms with van der Waals surface area (Å²) in [6.45, 7) is 12.1. The summed E-state index contributed by atoms with van der Waals surface area (Å²) < 4.78 is 0. The minimum atomic E-state index is -0.485. The molecular weight excluding hydrogens is 476 g/mol. The van der Waals surface area contributed by atoms with Crippen molar-refractivity contribution in [3.8, 4) is 11.1 Å². The molecule has 0 amide bonds. The number of rotatable bonds is 8. The summed E-state index contributed by atoms with van der Waals surface area (Å²) in [6.07, 6.45) is 3.63. The summed E-state index contributed by atoms with van der Waals surface area (Å²) in [7, 11) is 0. The summed E-state index contributed by atoms with van der Waals surface area (Å²) in [6, 6.07) is 19.7. The minimum Gasteiger partial charge on any atom is -0.318 e. The molecule has 1 aliphatic rings. The molecule has 0 aliphatic heterocycles. The Hall–Kier alpha value is -3.80. The van der Waals surface area contributed by atoms with Crippen LogP contribution in [-0.4, -0.2) is 16.6 Å². The number of hydrogen-bond donors (Lipinski definition) is 0. The van der Waals surface area contributed by atoms with Crippen LogP contribution >= 0.6 is 0 Å². The largest absolute Gasteiger partial charge is 0.332 e. The lowest BCUT2D eigenvalue weighted by Gasteiger charge is -2.32. The maximum absolute atomic E-state index is 11.7. The van der Waals surface area contributed by atoms with Crippen LogP contribution in [0.15, 0.2) is 65.8 Å². The Balaban J connectivity index is 1.91. The lowest BCUT2D eigenvalue weighted by Crippen LogP contribution is -2.25. The predicted molar refractivity (Wildman–Crippen MR) is 152 cm³/mol. The van der Waals surface area contributed by atoms with Crippen molar-refractivity contribution < 1.29 is 14.6 Å².